The molecule has 0 radical (unpaired) electrons. The van der Waals surface area contributed by atoms with E-state index in [2.05, 4.69) is 27.7 Å². The van der Waals surface area contributed by atoms with Gasteiger partial charge in [0.25, 0.3) is 0 Å². The zero-order valence-electron chi connectivity index (χ0n) is 13.1. The summed E-state index contributed by atoms with van der Waals surface area (Å²) in [5.74, 6) is 2.10. The van der Waals surface area contributed by atoms with E-state index in [0.29, 0.717) is 16.7 Å². The summed E-state index contributed by atoms with van der Waals surface area (Å²) in [5.41, 5.74) is 0.629. The smallest absolute Gasteiger partial charge is 0.303 e. The third kappa shape index (κ3) is 1.58. The van der Waals surface area contributed by atoms with E-state index in [1.54, 1.807) is 6.92 Å². The van der Waals surface area contributed by atoms with Crippen molar-refractivity contribution < 1.29 is 9.53 Å². The van der Waals surface area contributed by atoms with Crippen LogP contribution >= 0.6 is 0 Å². The standard InChI is InChI=1S/C17H28O2/c1-11-6-7-13-15(3,4)14-10-17(11,13)9-8-16(14,5)19-12(2)18/h11,13-14H,6-10H2,1-5H3/t11?,13?,14?,16-,17+/m1/s1. The second kappa shape index (κ2) is 3.77. The van der Waals surface area contributed by atoms with Crippen LogP contribution in [-0.4, -0.2) is 11.6 Å². The van der Waals surface area contributed by atoms with Gasteiger partial charge in [-0.05, 0) is 61.7 Å². The molecule has 2 heteroatoms. The normalized spacial score (nSPS) is 50.9. The highest BCUT2D eigenvalue weighted by atomic mass is 16.6. The SMILES string of the molecule is CC(=O)O[C@]1(C)CC[C@@]23CC1C(C)(C)C2CCC3C. The van der Waals surface area contributed by atoms with Gasteiger partial charge in [0, 0.05) is 12.8 Å². The van der Waals surface area contributed by atoms with Gasteiger partial charge in [0.15, 0.2) is 0 Å². The highest BCUT2D eigenvalue weighted by molar-refractivity contribution is 5.66. The molecule has 1 spiro atoms. The molecule has 0 aromatic carbocycles. The minimum atomic E-state index is -0.232. The third-order valence-electron chi connectivity index (χ3n) is 7.15. The van der Waals surface area contributed by atoms with Gasteiger partial charge in [0.1, 0.15) is 5.60 Å². The summed E-state index contributed by atoms with van der Waals surface area (Å²) in [6.45, 7) is 11.0. The molecule has 3 saturated carbocycles. The van der Waals surface area contributed by atoms with Crippen LogP contribution in [-0.2, 0) is 9.53 Å². The summed E-state index contributed by atoms with van der Waals surface area (Å²) in [6.07, 6.45) is 6.35. The summed E-state index contributed by atoms with van der Waals surface area (Å²) < 4.78 is 5.80. The zero-order chi connectivity index (χ0) is 14.1. The lowest BCUT2D eigenvalue weighted by atomic mass is 9.64. The van der Waals surface area contributed by atoms with Crippen molar-refractivity contribution in [3.05, 3.63) is 0 Å². The molecule has 3 aliphatic carbocycles. The van der Waals surface area contributed by atoms with E-state index < -0.39 is 0 Å². The Bertz CT molecular complexity index is 413. The molecule has 2 nitrogen and oxygen atoms in total. The minimum Gasteiger partial charge on any atom is -0.459 e. The van der Waals surface area contributed by atoms with Crippen molar-refractivity contribution in [3.8, 4) is 0 Å². The molecule has 3 fully saturated rings. The molecule has 5 atom stereocenters. The van der Waals surface area contributed by atoms with Crippen molar-refractivity contribution in [2.75, 3.05) is 0 Å². The molecule has 0 aromatic heterocycles. The number of hydrogen-bond acceptors (Lipinski definition) is 2. The van der Waals surface area contributed by atoms with E-state index in [1.165, 1.54) is 25.7 Å². The van der Waals surface area contributed by atoms with E-state index in [1.807, 2.05) is 0 Å². The van der Waals surface area contributed by atoms with Crippen LogP contribution in [0.2, 0.25) is 0 Å². The van der Waals surface area contributed by atoms with Gasteiger partial charge in [-0.15, -0.1) is 0 Å². The maximum absolute atomic E-state index is 11.5. The van der Waals surface area contributed by atoms with Crippen molar-refractivity contribution in [1.29, 1.82) is 0 Å². The van der Waals surface area contributed by atoms with Crippen LogP contribution in [0.4, 0.5) is 0 Å². The Kier molecular flexibility index (Phi) is 2.67. The van der Waals surface area contributed by atoms with Crippen molar-refractivity contribution in [3.63, 3.8) is 0 Å². The number of carbonyl (C=O) groups is 1. The van der Waals surface area contributed by atoms with Gasteiger partial charge in [-0.1, -0.05) is 20.8 Å². The fourth-order valence-corrected chi connectivity index (χ4v) is 6.31. The molecule has 0 aliphatic heterocycles. The van der Waals surface area contributed by atoms with E-state index >= 15 is 0 Å². The van der Waals surface area contributed by atoms with E-state index in [-0.39, 0.29) is 11.6 Å². The summed E-state index contributed by atoms with van der Waals surface area (Å²) >= 11 is 0. The van der Waals surface area contributed by atoms with Crippen LogP contribution < -0.4 is 0 Å². The number of rotatable bonds is 1. The maximum atomic E-state index is 11.5. The number of hydrogen-bond donors (Lipinski definition) is 0. The maximum Gasteiger partial charge on any atom is 0.303 e. The summed E-state index contributed by atoms with van der Waals surface area (Å²) in [7, 11) is 0. The first-order valence-corrected chi connectivity index (χ1v) is 7.92. The van der Waals surface area contributed by atoms with Crippen LogP contribution in [0.5, 0.6) is 0 Å². The molecule has 3 aliphatic rings. The lowest BCUT2D eigenvalue weighted by Crippen LogP contribution is -2.47. The Morgan fingerprint density at radius 3 is 2.42 bits per heavy atom. The van der Waals surface area contributed by atoms with Crippen molar-refractivity contribution in [2.45, 2.75) is 72.3 Å². The van der Waals surface area contributed by atoms with Gasteiger partial charge in [-0.2, -0.15) is 0 Å². The largest absolute Gasteiger partial charge is 0.459 e. The second-order valence-corrected chi connectivity index (χ2v) is 8.25. The molecule has 3 unspecified atom stereocenters. The monoisotopic (exact) mass is 264 g/mol. The van der Waals surface area contributed by atoms with E-state index in [0.717, 1.165) is 18.3 Å². The summed E-state index contributed by atoms with van der Waals surface area (Å²) in [4.78, 5) is 11.5. The Balaban J connectivity index is 1.99. The first-order chi connectivity index (χ1) is 8.72. The molecule has 0 N–H and O–H groups in total. The van der Waals surface area contributed by atoms with Gasteiger partial charge in [-0.3, -0.25) is 4.79 Å². The lowest BCUT2D eigenvalue weighted by Gasteiger charge is -2.46. The number of ether oxygens (including phenoxy) is 1. The first-order valence-electron chi connectivity index (χ1n) is 7.92. The molecule has 0 aromatic rings. The predicted octanol–water partition coefficient (Wildman–Crippen LogP) is 4.18. The number of esters is 1. The van der Waals surface area contributed by atoms with Crippen LogP contribution in [0.25, 0.3) is 0 Å². The van der Waals surface area contributed by atoms with Gasteiger partial charge in [0.2, 0.25) is 0 Å². The molecule has 19 heavy (non-hydrogen) atoms. The van der Waals surface area contributed by atoms with Gasteiger partial charge in [-0.25, -0.2) is 0 Å². The molecule has 2 bridgehead atoms. The molecule has 0 amide bonds. The third-order valence-corrected chi connectivity index (χ3v) is 7.15. The van der Waals surface area contributed by atoms with Crippen LogP contribution in [0, 0.1) is 28.6 Å². The summed E-state index contributed by atoms with van der Waals surface area (Å²) in [5, 5.41) is 0. The number of carbonyl (C=O) groups excluding carboxylic acids is 1. The van der Waals surface area contributed by atoms with E-state index in [9.17, 15) is 4.79 Å². The Hall–Kier alpha value is -0.530. The molecule has 3 rings (SSSR count). The minimum absolute atomic E-state index is 0.112. The van der Waals surface area contributed by atoms with Crippen molar-refractivity contribution in [1.82, 2.24) is 0 Å². The molecular weight excluding hydrogens is 236 g/mol. The van der Waals surface area contributed by atoms with Crippen molar-refractivity contribution in [2.24, 2.45) is 28.6 Å². The molecular formula is C17H28O2. The predicted molar refractivity (Wildman–Crippen MR) is 75.6 cm³/mol. The number of fused-ring (bicyclic) bond motifs is 1. The average Bonchev–Trinajstić information content (AvgIpc) is 2.69. The molecule has 108 valence electrons. The highest BCUT2D eigenvalue weighted by Crippen LogP contribution is 2.73. The van der Waals surface area contributed by atoms with Crippen LogP contribution in [0.3, 0.4) is 0 Å². The Morgan fingerprint density at radius 1 is 1.11 bits per heavy atom. The molecule has 0 saturated heterocycles. The van der Waals surface area contributed by atoms with Gasteiger partial charge in [0.05, 0.1) is 0 Å². The second-order valence-electron chi connectivity index (χ2n) is 8.25. The van der Waals surface area contributed by atoms with Crippen LogP contribution in [0.1, 0.15) is 66.7 Å². The van der Waals surface area contributed by atoms with Gasteiger partial charge < -0.3 is 4.74 Å². The lowest BCUT2D eigenvalue weighted by molar-refractivity contribution is -0.171. The fraction of sp³-hybridized carbons (Fsp3) is 0.941. The van der Waals surface area contributed by atoms with Gasteiger partial charge >= 0.3 is 5.97 Å². The average molecular weight is 264 g/mol. The fourth-order valence-electron chi connectivity index (χ4n) is 6.31. The summed E-state index contributed by atoms with van der Waals surface area (Å²) in [6, 6.07) is 0. The topological polar surface area (TPSA) is 26.3 Å². The quantitative estimate of drug-likeness (QED) is 0.664. The van der Waals surface area contributed by atoms with Crippen molar-refractivity contribution >= 4 is 5.97 Å². The Labute approximate surface area is 117 Å². The van der Waals surface area contributed by atoms with Crippen LogP contribution in [0.15, 0.2) is 0 Å². The highest BCUT2D eigenvalue weighted by Gasteiger charge is 2.68. The molecule has 0 heterocycles. The van der Waals surface area contributed by atoms with E-state index in [4.69, 9.17) is 4.74 Å². The first kappa shape index (κ1) is 13.5. The zero-order valence-corrected chi connectivity index (χ0v) is 13.1. The Morgan fingerprint density at radius 2 is 1.79 bits per heavy atom.